The predicted molar refractivity (Wildman–Crippen MR) is 227 cm³/mol. The van der Waals surface area contributed by atoms with Crippen molar-refractivity contribution in [2.24, 2.45) is 0 Å². The van der Waals surface area contributed by atoms with Crippen LogP contribution in [0.25, 0.3) is 98.2 Å². The standard InChI is InChI=1S/C49H32N4S/c1-4-15-31(16-5-1)40-30-42-45(36-22-11-10-21-35(36)40)37-23-12-13-25-41(37)53(42)34-27-28-38-44(29-34)54-43-26-14-24-39(46(38)43)49-51-47(32-17-6-2-7-18-32)50-48(52-49)33-19-8-3-9-20-33/h2-4,6-30H,1,5H2. The lowest BCUT2D eigenvalue weighted by molar-refractivity contribution is 1.04. The first-order chi connectivity index (χ1) is 26.8. The maximum Gasteiger partial charge on any atom is 0.164 e. The van der Waals surface area contributed by atoms with Crippen LogP contribution < -0.4 is 0 Å². The van der Waals surface area contributed by atoms with Crippen molar-refractivity contribution in [3.05, 3.63) is 175 Å². The Morgan fingerprint density at radius 1 is 0.463 bits per heavy atom. The summed E-state index contributed by atoms with van der Waals surface area (Å²) in [6, 6.07) is 53.9. The highest BCUT2D eigenvalue weighted by Gasteiger charge is 2.21. The summed E-state index contributed by atoms with van der Waals surface area (Å²) in [7, 11) is 0. The molecule has 0 saturated carbocycles. The van der Waals surface area contributed by atoms with E-state index in [9.17, 15) is 0 Å². The molecule has 0 bridgehead atoms. The van der Waals surface area contributed by atoms with Crippen LogP contribution in [-0.4, -0.2) is 19.5 Å². The van der Waals surface area contributed by atoms with E-state index < -0.39 is 0 Å². The molecular formula is C49H32N4S. The molecule has 7 aromatic carbocycles. The van der Waals surface area contributed by atoms with Gasteiger partial charge in [0.25, 0.3) is 0 Å². The van der Waals surface area contributed by atoms with Gasteiger partial charge in [-0.1, -0.05) is 140 Å². The highest BCUT2D eigenvalue weighted by molar-refractivity contribution is 7.26. The molecule has 3 aromatic heterocycles. The second-order valence-corrected chi connectivity index (χ2v) is 14.9. The molecular weight excluding hydrogens is 677 g/mol. The minimum Gasteiger partial charge on any atom is -0.309 e. The third-order valence-corrected chi connectivity index (χ3v) is 11.8. The lowest BCUT2D eigenvalue weighted by Gasteiger charge is -2.14. The summed E-state index contributed by atoms with van der Waals surface area (Å²) in [4.78, 5) is 15.2. The molecule has 3 heterocycles. The van der Waals surface area contributed by atoms with Crippen LogP contribution in [0.2, 0.25) is 0 Å². The second kappa shape index (κ2) is 12.5. The van der Waals surface area contributed by atoms with Gasteiger partial charge in [-0.05, 0) is 65.1 Å². The highest BCUT2D eigenvalue weighted by Crippen LogP contribution is 2.44. The average Bonchev–Trinajstić information content (AvgIpc) is 3.79. The van der Waals surface area contributed by atoms with Crippen LogP contribution in [0, 0.1) is 0 Å². The number of fused-ring (bicyclic) bond motifs is 8. The zero-order valence-electron chi connectivity index (χ0n) is 29.3. The van der Waals surface area contributed by atoms with E-state index in [1.807, 2.05) is 47.7 Å². The van der Waals surface area contributed by atoms with E-state index in [1.54, 1.807) is 0 Å². The Morgan fingerprint density at radius 3 is 1.89 bits per heavy atom. The lowest BCUT2D eigenvalue weighted by atomic mass is 9.92. The average molecular weight is 709 g/mol. The van der Waals surface area contributed by atoms with Gasteiger partial charge in [-0.3, -0.25) is 0 Å². The third kappa shape index (κ3) is 4.93. The minimum absolute atomic E-state index is 0.663. The van der Waals surface area contributed by atoms with Gasteiger partial charge >= 0.3 is 0 Å². The summed E-state index contributed by atoms with van der Waals surface area (Å²) in [5.41, 5.74) is 9.08. The molecule has 10 aromatic rings. The normalized spacial score (nSPS) is 13.1. The van der Waals surface area contributed by atoms with Crippen LogP contribution in [0.3, 0.4) is 0 Å². The summed E-state index contributed by atoms with van der Waals surface area (Å²) in [6.07, 6.45) is 9.14. The van der Waals surface area contributed by atoms with Crippen molar-refractivity contribution in [3.8, 4) is 39.9 Å². The number of nitrogens with zero attached hydrogens (tertiary/aromatic N) is 4. The number of allylic oxidation sites excluding steroid dienone is 4. The summed E-state index contributed by atoms with van der Waals surface area (Å²) < 4.78 is 4.89. The molecule has 0 atom stereocenters. The Balaban J connectivity index is 1.13. The van der Waals surface area contributed by atoms with E-state index in [0.717, 1.165) is 35.2 Å². The van der Waals surface area contributed by atoms with Crippen molar-refractivity contribution >= 4 is 69.7 Å². The number of aromatic nitrogens is 4. The van der Waals surface area contributed by atoms with Gasteiger partial charge in [0.15, 0.2) is 17.5 Å². The van der Waals surface area contributed by atoms with Gasteiger partial charge in [0.2, 0.25) is 0 Å². The number of benzene rings is 7. The molecule has 1 aliphatic rings. The Labute approximate surface area is 316 Å². The Hall–Kier alpha value is -6.69. The molecule has 0 aliphatic heterocycles. The summed E-state index contributed by atoms with van der Waals surface area (Å²) in [5.74, 6) is 2.00. The van der Waals surface area contributed by atoms with Crippen molar-refractivity contribution in [1.82, 2.24) is 19.5 Å². The number of para-hydroxylation sites is 1. The fourth-order valence-electron chi connectivity index (χ4n) is 8.23. The smallest absolute Gasteiger partial charge is 0.164 e. The number of hydrogen-bond donors (Lipinski definition) is 0. The fourth-order valence-corrected chi connectivity index (χ4v) is 9.39. The fraction of sp³-hybridized carbons (Fsp3) is 0.0408. The molecule has 0 saturated heterocycles. The van der Waals surface area contributed by atoms with E-state index in [-0.39, 0.29) is 0 Å². The van der Waals surface area contributed by atoms with E-state index in [2.05, 4.69) is 138 Å². The molecule has 0 radical (unpaired) electrons. The minimum atomic E-state index is 0.663. The maximum atomic E-state index is 5.10. The van der Waals surface area contributed by atoms with E-state index in [4.69, 9.17) is 15.0 Å². The SMILES string of the molecule is C1=CC(c2cc3c(c4ccccc24)c2ccccc2n3-c2ccc3c(c2)sc2cccc(-c4nc(-c5ccccc5)nc(-c5ccccc5)n4)c23)=CCC1. The van der Waals surface area contributed by atoms with Gasteiger partial charge in [-0.15, -0.1) is 11.3 Å². The van der Waals surface area contributed by atoms with Crippen LogP contribution >= 0.6 is 11.3 Å². The Bertz CT molecular complexity index is 3090. The molecule has 5 heteroatoms. The maximum absolute atomic E-state index is 5.10. The molecule has 54 heavy (non-hydrogen) atoms. The van der Waals surface area contributed by atoms with Crippen molar-refractivity contribution in [3.63, 3.8) is 0 Å². The van der Waals surface area contributed by atoms with Crippen LogP contribution in [-0.2, 0) is 0 Å². The van der Waals surface area contributed by atoms with Gasteiger partial charge in [0.05, 0.1) is 11.0 Å². The van der Waals surface area contributed by atoms with Gasteiger partial charge in [0, 0.05) is 53.3 Å². The van der Waals surface area contributed by atoms with Crippen LogP contribution in [0.15, 0.2) is 170 Å². The first-order valence-electron chi connectivity index (χ1n) is 18.4. The summed E-state index contributed by atoms with van der Waals surface area (Å²) in [5, 5.41) is 7.50. The van der Waals surface area contributed by atoms with Crippen molar-refractivity contribution < 1.29 is 0 Å². The first-order valence-corrected chi connectivity index (χ1v) is 19.2. The zero-order valence-corrected chi connectivity index (χ0v) is 30.1. The van der Waals surface area contributed by atoms with Crippen molar-refractivity contribution in [2.75, 3.05) is 0 Å². The van der Waals surface area contributed by atoms with Gasteiger partial charge in [0.1, 0.15) is 0 Å². The van der Waals surface area contributed by atoms with Gasteiger partial charge in [-0.2, -0.15) is 0 Å². The summed E-state index contributed by atoms with van der Waals surface area (Å²) in [6.45, 7) is 0. The van der Waals surface area contributed by atoms with E-state index in [0.29, 0.717) is 17.5 Å². The van der Waals surface area contributed by atoms with Gasteiger partial charge in [-0.25, -0.2) is 15.0 Å². The molecule has 11 rings (SSSR count). The number of hydrogen-bond acceptors (Lipinski definition) is 4. The molecule has 1 aliphatic carbocycles. The summed E-state index contributed by atoms with van der Waals surface area (Å²) >= 11 is 1.82. The quantitative estimate of drug-likeness (QED) is 0.179. The second-order valence-electron chi connectivity index (χ2n) is 13.9. The predicted octanol–water partition coefficient (Wildman–Crippen LogP) is 13.2. The monoisotopic (exact) mass is 708 g/mol. The third-order valence-electron chi connectivity index (χ3n) is 10.7. The Morgan fingerprint density at radius 2 is 1.15 bits per heavy atom. The molecule has 0 spiro atoms. The van der Waals surface area contributed by atoms with Crippen LogP contribution in [0.5, 0.6) is 0 Å². The van der Waals surface area contributed by atoms with E-state index >= 15 is 0 Å². The van der Waals surface area contributed by atoms with Crippen LogP contribution in [0.4, 0.5) is 0 Å². The molecule has 254 valence electrons. The molecule has 0 fully saturated rings. The zero-order chi connectivity index (χ0) is 35.6. The van der Waals surface area contributed by atoms with Crippen molar-refractivity contribution in [1.29, 1.82) is 0 Å². The van der Waals surface area contributed by atoms with Crippen LogP contribution in [0.1, 0.15) is 18.4 Å². The lowest BCUT2D eigenvalue weighted by Crippen LogP contribution is -2.00. The largest absolute Gasteiger partial charge is 0.309 e. The first kappa shape index (κ1) is 30.9. The van der Waals surface area contributed by atoms with Gasteiger partial charge < -0.3 is 4.57 Å². The topological polar surface area (TPSA) is 43.6 Å². The van der Waals surface area contributed by atoms with E-state index in [1.165, 1.54) is 63.9 Å². The number of thiophene rings is 1. The molecule has 4 nitrogen and oxygen atoms in total. The number of rotatable bonds is 5. The van der Waals surface area contributed by atoms with Crippen molar-refractivity contribution in [2.45, 2.75) is 12.8 Å². The highest BCUT2D eigenvalue weighted by atomic mass is 32.1. The molecule has 0 amide bonds. The molecule has 0 unspecified atom stereocenters. The Kier molecular flexibility index (Phi) is 7.13. The molecule has 0 N–H and O–H groups in total.